The Labute approximate surface area is 239 Å². The van der Waals surface area contributed by atoms with Gasteiger partial charge in [0.05, 0.1) is 6.42 Å². The van der Waals surface area contributed by atoms with Crippen molar-refractivity contribution in [2.24, 2.45) is 28.6 Å². The Balaban J connectivity index is 1.31. The molecule has 0 radical (unpaired) electrons. The van der Waals surface area contributed by atoms with Gasteiger partial charge in [-0.1, -0.05) is 19.4 Å². The number of carboxylic acid groups (broad SMARTS) is 2. The number of rotatable bonds is 11. The van der Waals surface area contributed by atoms with Crippen LogP contribution in [-0.2, 0) is 33.5 Å². The Bertz CT molecular complexity index is 1160. The molecule has 4 aliphatic carbocycles. The molecular formula is C30H41NO10. The summed E-state index contributed by atoms with van der Waals surface area (Å²) in [5.74, 6) is -3.62. The molecule has 0 spiro atoms. The third kappa shape index (κ3) is 5.82. The van der Waals surface area contributed by atoms with Crippen molar-refractivity contribution in [2.75, 3.05) is 6.61 Å². The monoisotopic (exact) mass is 575 g/mol. The maximum Gasteiger partial charge on any atom is 0.326 e. The number of carboxylic acids is 2. The molecule has 226 valence electrons. The van der Waals surface area contributed by atoms with E-state index in [0.717, 1.165) is 25.7 Å². The SMILES string of the molecule is C[C@]12CCC(=O)C=C1CC[C@H]1[C@H]2CC[C@@]2(C)[C@H]1CC[C@]2(O)C(=O)COC(=O)CCC(=O)N[C@@H](CCC(=O)O)C(=O)O. The molecule has 41 heavy (non-hydrogen) atoms. The Kier molecular flexibility index (Phi) is 8.78. The second-order valence-electron chi connectivity index (χ2n) is 12.8. The van der Waals surface area contributed by atoms with Crippen LogP contribution in [0.1, 0.15) is 90.9 Å². The van der Waals surface area contributed by atoms with Gasteiger partial charge in [-0.3, -0.25) is 24.0 Å². The van der Waals surface area contributed by atoms with Crippen LogP contribution < -0.4 is 5.32 Å². The normalized spacial score (nSPS) is 34.8. The lowest BCUT2D eigenvalue weighted by Gasteiger charge is -2.58. The van der Waals surface area contributed by atoms with Gasteiger partial charge < -0.3 is 25.4 Å². The predicted molar refractivity (Wildman–Crippen MR) is 143 cm³/mol. The fraction of sp³-hybridized carbons (Fsp3) is 0.733. The van der Waals surface area contributed by atoms with E-state index in [4.69, 9.17) is 14.9 Å². The number of carbonyl (C=O) groups is 6. The first-order valence-electron chi connectivity index (χ1n) is 14.6. The van der Waals surface area contributed by atoms with Gasteiger partial charge in [-0.15, -0.1) is 0 Å². The molecule has 0 bridgehead atoms. The summed E-state index contributed by atoms with van der Waals surface area (Å²) in [6.45, 7) is 3.64. The molecule has 0 aromatic heterocycles. The van der Waals surface area contributed by atoms with E-state index in [2.05, 4.69) is 12.2 Å². The Morgan fingerprint density at radius 2 is 1.68 bits per heavy atom. The van der Waals surface area contributed by atoms with Crippen LogP contribution in [0.5, 0.6) is 0 Å². The number of aliphatic carboxylic acids is 2. The summed E-state index contributed by atoms with van der Waals surface area (Å²) in [6.07, 6.45) is 6.04. The van der Waals surface area contributed by atoms with E-state index in [1.54, 1.807) is 0 Å². The highest BCUT2D eigenvalue weighted by Gasteiger charge is 2.66. The average molecular weight is 576 g/mol. The largest absolute Gasteiger partial charge is 0.481 e. The Morgan fingerprint density at radius 3 is 2.37 bits per heavy atom. The van der Waals surface area contributed by atoms with Gasteiger partial charge in [0, 0.05) is 24.7 Å². The molecule has 0 aromatic rings. The van der Waals surface area contributed by atoms with Crippen molar-refractivity contribution in [3.63, 3.8) is 0 Å². The number of aliphatic hydroxyl groups is 1. The zero-order valence-corrected chi connectivity index (χ0v) is 23.8. The van der Waals surface area contributed by atoms with Crippen molar-refractivity contribution in [3.05, 3.63) is 11.6 Å². The van der Waals surface area contributed by atoms with E-state index in [1.807, 2.05) is 13.0 Å². The number of hydrogen-bond donors (Lipinski definition) is 4. The number of hydrogen-bond acceptors (Lipinski definition) is 8. The number of ketones is 2. The molecule has 0 aromatic carbocycles. The van der Waals surface area contributed by atoms with Crippen LogP contribution in [0.25, 0.3) is 0 Å². The van der Waals surface area contributed by atoms with E-state index in [0.29, 0.717) is 37.5 Å². The molecule has 4 rings (SSSR count). The number of Topliss-reactive ketones (excluding diaryl/α,β-unsaturated/α-hetero) is 1. The van der Waals surface area contributed by atoms with Crippen molar-refractivity contribution < 1.29 is 48.8 Å². The summed E-state index contributed by atoms with van der Waals surface area (Å²) in [6, 6.07) is -1.40. The van der Waals surface area contributed by atoms with Gasteiger partial charge in [-0.2, -0.15) is 0 Å². The first kappa shape index (κ1) is 30.9. The van der Waals surface area contributed by atoms with E-state index in [-0.39, 0.29) is 23.5 Å². The predicted octanol–water partition coefficient (Wildman–Crippen LogP) is 2.58. The highest BCUT2D eigenvalue weighted by Crippen LogP contribution is 2.67. The maximum atomic E-state index is 13.3. The molecule has 0 saturated heterocycles. The van der Waals surface area contributed by atoms with Gasteiger partial charge in [0.25, 0.3) is 0 Å². The molecular weight excluding hydrogens is 534 g/mol. The summed E-state index contributed by atoms with van der Waals surface area (Å²) in [5, 5.41) is 31.8. The highest BCUT2D eigenvalue weighted by molar-refractivity contribution is 5.92. The van der Waals surface area contributed by atoms with Gasteiger partial charge >= 0.3 is 17.9 Å². The third-order valence-corrected chi connectivity index (χ3v) is 10.8. The fourth-order valence-electron chi connectivity index (χ4n) is 8.38. The summed E-state index contributed by atoms with van der Waals surface area (Å²) < 4.78 is 5.13. The quantitative estimate of drug-likeness (QED) is 0.267. The van der Waals surface area contributed by atoms with E-state index in [9.17, 15) is 33.9 Å². The minimum atomic E-state index is -1.63. The fourth-order valence-corrected chi connectivity index (χ4v) is 8.38. The summed E-state index contributed by atoms with van der Waals surface area (Å²) >= 11 is 0. The van der Waals surface area contributed by atoms with Gasteiger partial charge in [0.2, 0.25) is 11.7 Å². The summed E-state index contributed by atoms with van der Waals surface area (Å²) in [5.41, 5.74) is -1.05. The standard InChI is InChI=1S/C30H41NO10/c1-28-12-9-18(32)15-17(28)3-4-19-20(28)10-13-29(2)21(19)11-14-30(29,40)23(33)16-41-26(37)8-6-24(34)31-22(27(38)39)5-7-25(35)36/h15,19-22,40H,3-14,16H2,1-2H3,(H,31,34)(H,35,36)(H,38,39)/t19-,20+,21-,22-,28-,29-,30-/m0/s1. The van der Waals surface area contributed by atoms with Crippen molar-refractivity contribution in [1.82, 2.24) is 5.32 Å². The number of nitrogens with one attached hydrogen (secondary N) is 1. The van der Waals surface area contributed by atoms with Gasteiger partial charge in [0.15, 0.2) is 12.4 Å². The van der Waals surface area contributed by atoms with E-state index >= 15 is 0 Å². The van der Waals surface area contributed by atoms with Crippen molar-refractivity contribution >= 4 is 35.4 Å². The molecule has 11 nitrogen and oxygen atoms in total. The van der Waals surface area contributed by atoms with Crippen LogP contribution in [0.3, 0.4) is 0 Å². The molecule has 3 fully saturated rings. The lowest BCUT2D eigenvalue weighted by atomic mass is 9.46. The topological polar surface area (TPSA) is 184 Å². The van der Waals surface area contributed by atoms with Crippen LogP contribution >= 0.6 is 0 Å². The zero-order valence-electron chi connectivity index (χ0n) is 23.8. The molecule has 0 heterocycles. The molecule has 4 aliphatic rings. The van der Waals surface area contributed by atoms with E-state index in [1.165, 1.54) is 5.57 Å². The average Bonchev–Trinajstić information content (AvgIpc) is 3.20. The molecule has 0 unspecified atom stereocenters. The molecule has 4 N–H and O–H groups in total. The number of carbonyl (C=O) groups excluding carboxylic acids is 4. The van der Waals surface area contributed by atoms with Crippen molar-refractivity contribution in [1.29, 1.82) is 0 Å². The van der Waals surface area contributed by atoms with Gasteiger partial charge in [0.1, 0.15) is 11.6 Å². The third-order valence-electron chi connectivity index (χ3n) is 10.8. The summed E-state index contributed by atoms with van der Waals surface area (Å²) in [4.78, 5) is 71.7. The molecule has 7 atom stereocenters. The van der Waals surface area contributed by atoms with Gasteiger partial charge in [-0.05, 0) is 80.6 Å². The second-order valence-corrected chi connectivity index (χ2v) is 12.8. The minimum absolute atomic E-state index is 0.0224. The zero-order chi connectivity index (χ0) is 30.2. The lowest BCUT2D eigenvalue weighted by molar-refractivity contribution is -0.170. The lowest BCUT2D eigenvalue weighted by Crippen LogP contribution is -2.58. The van der Waals surface area contributed by atoms with Gasteiger partial charge in [-0.25, -0.2) is 4.79 Å². The van der Waals surface area contributed by atoms with Crippen LogP contribution in [0.15, 0.2) is 11.6 Å². The smallest absolute Gasteiger partial charge is 0.326 e. The van der Waals surface area contributed by atoms with Crippen LogP contribution in [0.4, 0.5) is 0 Å². The number of amides is 1. The van der Waals surface area contributed by atoms with Crippen LogP contribution in [-0.4, -0.2) is 69.0 Å². The molecule has 11 heteroatoms. The van der Waals surface area contributed by atoms with Crippen molar-refractivity contribution in [2.45, 2.75) is 103 Å². The van der Waals surface area contributed by atoms with Crippen molar-refractivity contribution in [3.8, 4) is 0 Å². The molecule has 1 amide bonds. The number of ether oxygens (including phenoxy) is 1. The van der Waals surface area contributed by atoms with E-state index < -0.39 is 72.5 Å². The van der Waals surface area contributed by atoms with Crippen LogP contribution in [0, 0.1) is 28.6 Å². The second kappa shape index (κ2) is 11.7. The first-order chi connectivity index (χ1) is 19.2. The number of allylic oxidation sites excluding steroid dienone is 1. The Hall–Kier alpha value is -3.08. The number of fused-ring (bicyclic) bond motifs is 5. The molecule has 3 saturated carbocycles. The summed E-state index contributed by atoms with van der Waals surface area (Å²) in [7, 11) is 0. The van der Waals surface area contributed by atoms with Crippen LogP contribution in [0.2, 0.25) is 0 Å². The Morgan fingerprint density at radius 1 is 0.976 bits per heavy atom. The maximum absolute atomic E-state index is 13.3. The number of esters is 1. The minimum Gasteiger partial charge on any atom is -0.481 e. The first-order valence-corrected chi connectivity index (χ1v) is 14.6. The molecule has 0 aliphatic heterocycles. The highest BCUT2D eigenvalue weighted by atomic mass is 16.5.